The van der Waals surface area contributed by atoms with E-state index in [1.54, 1.807) is 0 Å². The number of rotatable bonds is 7. The first-order chi connectivity index (χ1) is 14.3. The zero-order chi connectivity index (χ0) is 21.7. The van der Waals surface area contributed by atoms with Gasteiger partial charge in [0.05, 0.1) is 0 Å². The first kappa shape index (κ1) is 21.7. The number of imide groups is 1. The molecule has 9 heteroatoms. The van der Waals surface area contributed by atoms with Crippen molar-refractivity contribution in [1.82, 2.24) is 20.9 Å². The molecule has 1 atom stereocenters. The highest BCUT2D eigenvalue weighted by Crippen LogP contribution is 2.28. The van der Waals surface area contributed by atoms with E-state index < -0.39 is 35.7 Å². The summed E-state index contributed by atoms with van der Waals surface area (Å²) in [4.78, 5) is 50.1. The van der Waals surface area contributed by atoms with Gasteiger partial charge in [-0.15, -0.1) is 0 Å². The number of carbonyl (C=O) groups is 4. The van der Waals surface area contributed by atoms with Crippen molar-refractivity contribution in [3.63, 3.8) is 0 Å². The minimum absolute atomic E-state index is 0.00751. The molecule has 0 aromatic heterocycles. The number of halogens is 1. The van der Waals surface area contributed by atoms with Gasteiger partial charge in [0.1, 0.15) is 17.9 Å². The molecule has 3 N–H and O–H groups in total. The summed E-state index contributed by atoms with van der Waals surface area (Å²) in [5.74, 6) is -1.49. The summed E-state index contributed by atoms with van der Waals surface area (Å²) in [5, 5.41) is 7.99. The van der Waals surface area contributed by atoms with Gasteiger partial charge < -0.3 is 16.0 Å². The molecule has 162 valence electrons. The maximum absolute atomic E-state index is 13.2. The highest BCUT2D eigenvalue weighted by atomic mass is 19.1. The zero-order valence-electron chi connectivity index (χ0n) is 17.0. The lowest BCUT2D eigenvalue weighted by molar-refractivity contribution is -0.134. The number of carbonyl (C=O) groups excluding carboxylic acids is 4. The zero-order valence-corrected chi connectivity index (χ0v) is 17.0. The molecule has 2 fully saturated rings. The van der Waals surface area contributed by atoms with Crippen molar-refractivity contribution < 1.29 is 23.6 Å². The Morgan fingerprint density at radius 2 is 1.73 bits per heavy atom. The van der Waals surface area contributed by atoms with Gasteiger partial charge in [-0.2, -0.15) is 0 Å². The van der Waals surface area contributed by atoms with E-state index in [9.17, 15) is 23.6 Å². The fourth-order valence-electron chi connectivity index (χ4n) is 3.92. The monoisotopic (exact) mass is 418 g/mol. The molecule has 1 saturated heterocycles. The maximum Gasteiger partial charge on any atom is 0.325 e. The maximum atomic E-state index is 13.2. The molecule has 1 aliphatic heterocycles. The number of hydrogen-bond donors (Lipinski definition) is 3. The third-order valence-electron chi connectivity index (χ3n) is 5.72. The van der Waals surface area contributed by atoms with E-state index >= 15 is 0 Å². The molecule has 5 amide bonds. The standard InChI is InChI=1S/C21H27FN4O4/c1-21(15-7-9-16(22)10-8-15)19(29)26(20(30)25-21)13-17(27)23-11-12-24-18(28)14-5-3-2-4-6-14/h7-10,14H,2-6,11-13H2,1H3,(H,23,27)(H,24,28)(H,25,30). The molecule has 1 aromatic rings. The molecular formula is C21H27FN4O4. The normalized spacial score (nSPS) is 22.0. The average molecular weight is 418 g/mol. The van der Waals surface area contributed by atoms with Gasteiger partial charge in [0.2, 0.25) is 11.8 Å². The summed E-state index contributed by atoms with van der Waals surface area (Å²) in [6, 6.07) is 4.57. The lowest BCUT2D eigenvalue weighted by atomic mass is 9.89. The Morgan fingerprint density at radius 1 is 1.10 bits per heavy atom. The van der Waals surface area contributed by atoms with E-state index in [4.69, 9.17) is 0 Å². The van der Waals surface area contributed by atoms with Crippen LogP contribution in [0.4, 0.5) is 9.18 Å². The second kappa shape index (κ2) is 9.23. The Labute approximate surface area is 174 Å². The topological polar surface area (TPSA) is 108 Å². The summed E-state index contributed by atoms with van der Waals surface area (Å²) >= 11 is 0. The van der Waals surface area contributed by atoms with Crippen molar-refractivity contribution in [3.8, 4) is 0 Å². The molecule has 1 heterocycles. The van der Waals surface area contributed by atoms with Gasteiger partial charge in [0, 0.05) is 19.0 Å². The minimum Gasteiger partial charge on any atom is -0.354 e. The Hall–Kier alpha value is -2.97. The third kappa shape index (κ3) is 4.77. The predicted octanol–water partition coefficient (Wildman–Crippen LogP) is 1.41. The fraction of sp³-hybridized carbons (Fsp3) is 0.524. The van der Waals surface area contributed by atoms with Gasteiger partial charge in [-0.3, -0.25) is 19.3 Å². The van der Waals surface area contributed by atoms with E-state index in [1.807, 2.05) is 0 Å². The molecule has 1 aliphatic carbocycles. The molecule has 0 bridgehead atoms. The average Bonchev–Trinajstić information content (AvgIpc) is 2.96. The number of benzene rings is 1. The highest BCUT2D eigenvalue weighted by Gasteiger charge is 2.49. The molecule has 1 saturated carbocycles. The summed E-state index contributed by atoms with van der Waals surface area (Å²) in [6.07, 6.45) is 5.10. The molecule has 0 spiro atoms. The van der Waals surface area contributed by atoms with E-state index in [0.717, 1.165) is 30.6 Å². The quantitative estimate of drug-likeness (QED) is 0.460. The van der Waals surface area contributed by atoms with Crippen LogP contribution < -0.4 is 16.0 Å². The van der Waals surface area contributed by atoms with Crippen molar-refractivity contribution in [2.24, 2.45) is 5.92 Å². The second-order valence-electron chi connectivity index (χ2n) is 7.93. The van der Waals surface area contributed by atoms with Crippen LogP contribution in [0.25, 0.3) is 0 Å². The molecule has 2 aliphatic rings. The second-order valence-corrected chi connectivity index (χ2v) is 7.93. The molecule has 8 nitrogen and oxygen atoms in total. The van der Waals surface area contributed by atoms with Gasteiger partial charge in [-0.25, -0.2) is 9.18 Å². The van der Waals surface area contributed by atoms with Crippen molar-refractivity contribution in [2.45, 2.75) is 44.6 Å². The van der Waals surface area contributed by atoms with Crippen LogP contribution in [0.5, 0.6) is 0 Å². The Balaban J connectivity index is 1.46. The molecule has 1 unspecified atom stereocenters. The third-order valence-corrected chi connectivity index (χ3v) is 5.72. The van der Waals surface area contributed by atoms with Crippen molar-refractivity contribution in [3.05, 3.63) is 35.6 Å². The van der Waals surface area contributed by atoms with Crippen LogP contribution in [0.15, 0.2) is 24.3 Å². The number of amides is 5. The fourth-order valence-corrected chi connectivity index (χ4v) is 3.92. The van der Waals surface area contributed by atoms with Gasteiger partial charge in [0.25, 0.3) is 5.91 Å². The molecule has 30 heavy (non-hydrogen) atoms. The van der Waals surface area contributed by atoms with Gasteiger partial charge >= 0.3 is 6.03 Å². The van der Waals surface area contributed by atoms with E-state index in [-0.39, 0.29) is 24.9 Å². The van der Waals surface area contributed by atoms with Gasteiger partial charge in [-0.05, 0) is 37.5 Å². The van der Waals surface area contributed by atoms with Crippen molar-refractivity contribution >= 4 is 23.8 Å². The van der Waals surface area contributed by atoms with E-state index in [2.05, 4.69) is 16.0 Å². The summed E-state index contributed by atoms with van der Waals surface area (Å²) in [7, 11) is 0. The first-order valence-electron chi connectivity index (χ1n) is 10.3. The van der Waals surface area contributed by atoms with Crippen LogP contribution in [0.3, 0.4) is 0 Å². The van der Waals surface area contributed by atoms with Gasteiger partial charge in [0.15, 0.2) is 0 Å². The smallest absolute Gasteiger partial charge is 0.325 e. The van der Waals surface area contributed by atoms with Crippen LogP contribution in [0, 0.1) is 11.7 Å². The first-order valence-corrected chi connectivity index (χ1v) is 10.3. The lowest BCUT2D eigenvalue weighted by Crippen LogP contribution is -2.44. The van der Waals surface area contributed by atoms with Crippen LogP contribution in [-0.2, 0) is 19.9 Å². The molecule has 0 radical (unpaired) electrons. The Kier molecular flexibility index (Phi) is 6.69. The van der Waals surface area contributed by atoms with E-state index in [1.165, 1.54) is 37.6 Å². The Bertz CT molecular complexity index is 823. The highest BCUT2D eigenvalue weighted by molar-refractivity contribution is 6.09. The minimum atomic E-state index is -1.36. The number of hydrogen-bond acceptors (Lipinski definition) is 4. The molecule has 1 aromatic carbocycles. The lowest BCUT2D eigenvalue weighted by Gasteiger charge is -2.22. The largest absolute Gasteiger partial charge is 0.354 e. The molecular weight excluding hydrogens is 391 g/mol. The van der Waals surface area contributed by atoms with Gasteiger partial charge in [-0.1, -0.05) is 31.4 Å². The predicted molar refractivity (Wildman–Crippen MR) is 107 cm³/mol. The summed E-state index contributed by atoms with van der Waals surface area (Å²) in [5.41, 5.74) is -0.936. The number of nitrogens with one attached hydrogen (secondary N) is 3. The van der Waals surface area contributed by atoms with Crippen LogP contribution in [-0.4, -0.2) is 48.3 Å². The number of urea groups is 1. The summed E-state index contributed by atoms with van der Waals surface area (Å²) in [6.45, 7) is 1.57. The van der Waals surface area contributed by atoms with Crippen LogP contribution >= 0.6 is 0 Å². The van der Waals surface area contributed by atoms with Crippen LogP contribution in [0.2, 0.25) is 0 Å². The SMILES string of the molecule is CC1(c2ccc(F)cc2)NC(=O)N(CC(=O)NCCNC(=O)C2CCCCC2)C1=O. The summed E-state index contributed by atoms with van der Waals surface area (Å²) < 4.78 is 13.2. The molecule has 3 rings (SSSR count). The van der Waals surface area contributed by atoms with E-state index in [0.29, 0.717) is 5.56 Å². The van der Waals surface area contributed by atoms with Crippen molar-refractivity contribution in [2.75, 3.05) is 19.6 Å². The Morgan fingerprint density at radius 3 is 2.40 bits per heavy atom. The van der Waals surface area contributed by atoms with Crippen molar-refractivity contribution in [1.29, 1.82) is 0 Å². The number of nitrogens with zero attached hydrogens (tertiary/aromatic N) is 1. The van der Waals surface area contributed by atoms with Crippen LogP contribution in [0.1, 0.15) is 44.6 Å².